The van der Waals surface area contributed by atoms with Gasteiger partial charge in [0.2, 0.25) is 5.89 Å². The summed E-state index contributed by atoms with van der Waals surface area (Å²) in [6, 6.07) is 18.6. The molecular weight excluding hydrogens is 437 g/mol. The second-order valence-corrected chi connectivity index (χ2v) is 8.26. The highest BCUT2D eigenvalue weighted by molar-refractivity contribution is 7.92. The fraction of sp³-hybridized carbons (Fsp3) is 0.0909. The van der Waals surface area contributed by atoms with Crippen molar-refractivity contribution in [3.05, 3.63) is 84.5 Å². The van der Waals surface area contributed by atoms with Crippen molar-refractivity contribution in [1.82, 2.24) is 10.2 Å². The first-order chi connectivity index (χ1) is 15.4. The molecule has 0 radical (unpaired) electrons. The Hall–Kier alpha value is -3.92. The van der Waals surface area contributed by atoms with Gasteiger partial charge in [0.1, 0.15) is 5.75 Å². The first kappa shape index (κ1) is 21.3. The number of rotatable bonds is 8. The van der Waals surface area contributed by atoms with Crippen LogP contribution in [0.5, 0.6) is 11.5 Å². The third-order valence-corrected chi connectivity index (χ3v) is 5.79. The Kier molecular flexibility index (Phi) is 6.04. The molecule has 4 rings (SSSR count). The molecule has 0 aliphatic carbocycles. The highest BCUT2D eigenvalue weighted by Gasteiger charge is 2.16. The molecule has 1 aromatic heterocycles. The molecule has 10 heteroatoms. The molecule has 164 valence electrons. The van der Waals surface area contributed by atoms with Crippen LogP contribution in [0.3, 0.4) is 0 Å². The maximum atomic E-state index is 14.4. The Labute approximate surface area is 183 Å². The van der Waals surface area contributed by atoms with Crippen LogP contribution in [0, 0.1) is 5.82 Å². The summed E-state index contributed by atoms with van der Waals surface area (Å²) >= 11 is 0. The van der Waals surface area contributed by atoms with Gasteiger partial charge in [0.25, 0.3) is 15.9 Å². The lowest BCUT2D eigenvalue weighted by Gasteiger charge is -2.10. The van der Waals surface area contributed by atoms with Gasteiger partial charge in [0, 0.05) is 11.6 Å². The number of sulfonamides is 1. The predicted molar refractivity (Wildman–Crippen MR) is 114 cm³/mol. The Morgan fingerprint density at radius 2 is 1.75 bits per heavy atom. The summed E-state index contributed by atoms with van der Waals surface area (Å²) in [5.41, 5.74) is 0.768. The summed E-state index contributed by atoms with van der Waals surface area (Å²) in [7, 11) is -2.25. The fourth-order valence-electron chi connectivity index (χ4n) is 2.80. The smallest absolute Gasteiger partial charge is 0.261 e. The van der Waals surface area contributed by atoms with Gasteiger partial charge in [-0.3, -0.25) is 4.72 Å². The molecule has 0 atom stereocenters. The standard InChI is InChI=1S/C22H18FN3O5S/c1-29-17-10-7-15(8-11-17)22-25-24-21(31-22)14-30-20-12-9-16(13-19(20)23)26-32(27,28)18-5-3-2-4-6-18/h2-13,26H,14H2,1H3. The third-order valence-electron chi connectivity index (χ3n) is 4.39. The van der Waals surface area contributed by atoms with Crippen LogP contribution in [-0.2, 0) is 16.6 Å². The number of ether oxygens (including phenoxy) is 2. The van der Waals surface area contributed by atoms with Crippen LogP contribution in [0.15, 0.2) is 82.1 Å². The van der Waals surface area contributed by atoms with E-state index < -0.39 is 15.8 Å². The van der Waals surface area contributed by atoms with Gasteiger partial charge in [-0.15, -0.1) is 10.2 Å². The highest BCUT2D eigenvalue weighted by atomic mass is 32.2. The minimum Gasteiger partial charge on any atom is -0.497 e. The zero-order valence-electron chi connectivity index (χ0n) is 16.9. The van der Waals surface area contributed by atoms with E-state index in [0.717, 1.165) is 6.07 Å². The monoisotopic (exact) mass is 455 g/mol. The van der Waals surface area contributed by atoms with Crippen LogP contribution in [0.4, 0.5) is 10.1 Å². The molecule has 3 aromatic carbocycles. The largest absolute Gasteiger partial charge is 0.497 e. The summed E-state index contributed by atoms with van der Waals surface area (Å²) in [6.07, 6.45) is 0. The lowest BCUT2D eigenvalue weighted by molar-refractivity contribution is 0.253. The predicted octanol–water partition coefficient (Wildman–Crippen LogP) is 4.26. The van der Waals surface area contributed by atoms with Gasteiger partial charge < -0.3 is 13.9 Å². The lowest BCUT2D eigenvalue weighted by Crippen LogP contribution is -2.13. The SMILES string of the molecule is COc1ccc(-c2nnc(COc3ccc(NS(=O)(=O)c4ccccc4)cc3F)o2)cc1. The van der Waals surface area contributed by atoms with Gasteiger partial charge in [-0.1, -0.05) is 18.2 Å². The number of hydrogen-bond acceptors (Lipinski definition) is 7. The number of halogens is 1. The molecule has 0 amide bonds. The van der Waals surface area contributed by atoms with E-state index in [1.165, 1.54) is 24.3 Å². The molecule has 0 saturated carbocycles. The molecular formula is C22H18FN3O5S. The highest BCUT2D eigenvalue weighted by Crippen LogP contribution is 2.25. The number of methoxy groups -OCH3 is 1. The van der Waals surface area contributed by atoms with E-state index in [2.05, 4.69) is 14.9 Å². The van der Waals surface area contributed by atoms with Crippen molar-refractivity contribution >= 4 is 15.7 Å². The third kappa shape index (κ3) is 4.86. The number of anilines is 1. The topological polar surface area (TPSA) is 104 Å². The van der Waals surface area contributed by atoms with E-state index in [9.17, 15) is 12.8 Å². The van der Waals surface area contributed by atoms with Crippen LogP contribution >= 0.6 is 0 Å². The van der Waals surface area contributed by atoms with E-state index in [1.807, 2.05) is 0 Å². The van der Waals surface area contributed by atoms with Crippen molar-refractivity contribution < 1.29 is 26.7 Å². The van der Waals surface area contributed by atoms with E-state index in [4.69, 9.17) is 13.9 Å². The van der Waals surface area contributed by atoms with Crippen LogP contribution in [0.1, 0.15) is 5.89 Å². The number of benzene rings is 3. The van der Waals surface area contributed by atoms with Gasteiger partial charge in [-0.05, 0) is 48.5 Å². The number of nitrogens with zero attached hydrogens (tertiary/aromatic N) is 2. The first-order valence-corrected chi connectivity index (χ1v) is 10.9. The average Bonchev–Trinajstić information content (AvgIpc) is 3.28. The maximum absolute atomic E-state index is 14.4. The van der Waals surface area contributed by atoms with Crippen molar-refractivity contribution in [1.29, 1.82) is 0 Å². The Morgan fingerprint density at radius 1 is 1.00 bits per heavy atom. The van der Waals surface area contributed by atoms with Crippen molar-refractivity contribution in [2.75, 3.05) is 11.8 Å². The summed E-state index contributed by atoms with van der Waals surface area (Å²) in [5, 5.41) is 7.84. The van der Waals surface area contributed by atoms with Gasteiger partial charge in [-0.25, -0.2) is 12.8 Å². The Morgan fingerprint density at radius 3 is 2.44 bits per heavy atom. The lowest BCUT2D eigenvalue weighted by atomic mass is 10.2. The van der Waals surface area contributed by atoms with Crippen molar-refractivity contribution in [3.63, 3.8) is 0 Å². The summed E-state index contributed by atoms with van der Waals surface area (Å²) in [6.45, 7) is -0.158. The second-order valence-electron chi connectivity index (χ2n) is 6.58. The molecule has 0 unspecified atom stereocenters. The van der Waals surface area contributed by atoms with Crippen molar-refractivity contribution in [2.24, 2.45) is 0 Å². The molecule has 1 N–H and O–H groups in total. The summed E-state index contributed by atoms with van der Waals surface area (Å²) in [5.74, 6) is 0.313. The minimum atomic E-state index is -3.82. The van der Waals surface area contributed by atoms with Crippen LogP contribution in [0.2, 0.25) is 0 Å². The van der Waals surface area contributed by atoms with Crippen LogP contribution in [0.25, 0.3) is 11.5 Å². The molecule has 1 heterocycles. The zero-order valence-corrected chi connectivity index (χ0v) is 17.7. The fourth-order valence-corrected chi connectivity index (χ4v) is 3.87. The normalized spacial score (nSPS) is 11.2. The summed E-state index contributed by atoms with van der Waals surface area (Å²) in [4.78, 5) is 0.0739. The number of nitrogens with one attached hydrogen (secondary N) is 1. The first-order valence-electron chi connectivity index (χ1n) is 9.41. The average molecular weight is 455 g/mol. The number of aromatic nitrogens is 2. The molecule has 0 spiro atoms. The quantitative estimate of drug-likeness (QED) is 0.423. The van der Waals surface area contributed by atoms with E-state index in [0.29, 0.717) is 11.3 Å². The zero-order chi connectivity index (χ0) is 22.6. The molecule has 0 bridgehead atoms. The molecule has 32 heavy (non-hydrogen) atoms. The van der Waals surface area contributed by atoms with Gasteiger partial charge in [-0.2, -0.15) is 0 Å². The Bertz CT molecular complexity index is 1310. The van der Waals surface area contributed by atoms with Crippen molar-refractivity contribution in [2.45, 2.75) is 11.5 Å². The second kappa shape index (κ2) is 9.06. The maximum Gasteiger partial charge on any atom is 0.261 e. The van der Waals surface area contributed by atoms with E-state index >= 15 is 0 Å². The van der Waals surface area contributed by atoms with E-state index in [-0.39, 0.29) is 34.7 Å². The van der Waals surface area contributed by atoms with E-state index in [1.54, 1.807) is 49.6 Å². The number of hydrogen-bond donors (Lipinski definition) is 1. The minimum absolute atomic E-state index is 0.0679. The molecule has 4 aromatic rings. The molecule has 8 nitrogen and oxygen atoms in total. The molecule has 0 aliphatic rings. The van der Waals surface area contributed by atoms with Crippen LogP contribution < -0.4 is 14.2 Å². The summed E-state index contributed by atoms with van der Waals surface area (Å²) < 4.78 is 57.6. The van der Waals surface area contributed by atoms with Gasteiger partial charge in [0.15, 0.2) is 18.2 Å². The van der Waals surface area contributed by atoms with Crippen LogP contribution in [-0.4, -0.2) is 25.7 Å². The van der Waals surface area contributed by atoms with Gasteiger partial charge >= 0.3 is 0 Å². The molecule has 0 fully saturated rings. The van der Waals surface area contributed by atoms with Crippen molar-refractivity contribution in [3.8, 4) is 23.0 Å². The molecule has 0 aliphatic heterocycles. The Balaban J connectivity index is 1.41. The van der Waals surface area contributed by atoms with Gasteiger partial charge in [0.05, 0.1) is 17.7 Å². The molecule has 0 saturated heterocycles.